The maximum atomic E-state index is 9.43. The van der Waals surface area contributed by atoms with Crippen LogP contribution in [0.15, 0.2) is 24.3 Å². The molecule has 1 aromatic carbocycles. The van der Waals surface area contributed by atoms with E-state index >= 15 is 0 Å². The van der Waals surface area contributed by atoms with Crippen LogP contribution in [0.3, 0.4) is 0 Å². The highest BCUT2D eigenvalue weighted by molar-refractivity contribution is 6.59. The molecule has 0 amide bonds. The Morgan fingerprint density at radius 2 is 2.00 bits per heavy atom. The SMILES string of the molecule is CC1CN(C)CCCN1Cc1ccccc1B(O)O. The van der Waals surface area contributed by atoms with Crippen LogP contribution in [0.2, 0.25) is 0 Å². The van der Waals surface area contributed by atoms with Crippen molar-refractivity contribution in [2.75, 3.05) is 26.7 Å². The summed E-state index contributed by atoms with van der Waals surface area (Å²) in [5.74, 6) is 0. The second kappa shape index (κ2) is 6.52. The normalized spacial score (nSPS) is 22.2. The predicted octanol–water partition coefficient (Wildman–Crippen LogP) is -0.108. The second-order valence-corrected chi connectivity index (χ2v) is 5.51. The van der Waals surface area contributed by atoms with Crippen molar-refractivity contribution in [3.63, 3.8) is 0 Å². The largest absolute Gasteiger partial charge is 0.488 e. The third-order valence-corrected chi connectivity index (χ3v) is 3.89. The van der Waals surface area contributed by atoms with Crippen LogP contribution in [0.5, 0.6) is 0 Å². The number of hydrogen-bond acceptors (Lipinski definition) is 4. The Bertz CT molecular complexity index is 414. The molecule has 104 valence electrons. The van der Waals surface area contributed by atoms with Gasteiger partial charge in [-0.1, -0.05) is 24.3 Å². The molecule has 4 nitrogen and oxygen atoms in total. The highest BCUT2D eigenvalue weighted by atomic mass is 16.4. The minimum absolute atomic E-state index is 0.483. The Kier molecular flexibility index (Phi) is 4.99. The highest BCUT2D eigenvalue weighted by Crippen LogP contribution is 2.12. The monoisotopic (exact) mass is 262 g/mol. The molecule has 1 heterocycles. The Balaban J connectivity index is 2.11. The van der Waals surface area contributed by atoms with E-state index in [0.29, 0.717) is 11.5 Å². The molecule has 1 fully saturated rings. The average Bonchev–Trinajstić information content (AvgIpc) is 2.52. The van der Waals surface area contributed by atoms with Crippen LogP contribution in [0.1, 0.15) is 18.9 Å². The fourth-order valence-corrected chi connectivity index (χ4v) is 2.81. The Morgan fingerprint density at radius 1 is 1.26 bits per heavy atom. The van der Waals surface area contributed by atoms with Crippen LogP contribution in [-0.4, -0.2) is 59.7 Å². The van der Waals surface area contributed by atoms with Gasteiger partial charge in [0.15, 0.2) is 0 Å². The summed E-state index contributed by atoms with van der Waals surface area (Å²) in [6.07, 6.45) is 1.16. The van der Waals surface area contributed by atoms with Gasteiger partial charge in [-0.05, 0) is 38.0 Å². The average molecular weight is 262 g/mol. The maximum absolute atomic E-state index is 9.43. The molecule has 2 N–H and O–H groups in total. The van der Waals surface area contributed by atoms with Gasteiger partial charge in [0.05, 0.1) is 0 Å². The molecule has 0 radical (unpaired) electrons. The Hall–Kier alpha value is -0.875. The van der Waals surface area contributed by atoms with Gasteiger partial charge in [-0.25, -0.2) is 0 Å². The van der Waals surface area contributed by atoms with Gasteiger partial charge >= 0.3 is 7.12 Å². The van der Waals surface area contributed by atoms with Crippen molar-refractivity contribution in [2.24, 2.45) is 0 Å². The van der Waals surface area contributed by atoms with Crippen molar-refractivity contribution in [3.05, 3.63) is 29.8 Å². The first-order valence-electron chi connectivity index (χ1n) is 6.94. The lowest BCUT2D eigenvalue weighted by Crippen LogP contribution is -2.40. The van der Waals surface area contributed by atoms with E-state index in [0.717, 1.165) is 38.2 Å². The zero-order valence-corrected chi connectivity index (χ0v) is 11.8. The van der Waals surface area contributed by atoms with E-state index in [4.69, 9.17) is 0 Å². The smallest absolute Gasteiger partial charge is 0.423 e. The highest BCUT2D eigenvalue weighted by Gasteiger charge is 2.22. The number of hydrogen-bond donors (Lipinski definition) is 2. The number of benzene rings is 1. The Morgan fingerprint density at radius 3 is 2.74 bits per heavy atom. The number of rotatable bonds is 3. The van der Waals surface area contributed by atoms with E-state index in [-0.39, 0.29) is 0 Å². The van der Waals surface area contributed by atoms with E-state index in [1.165, 1.54) is 0 Å². The molecule has 19 heavy (non-hydrogen) atoms. The Labute approximate surface area is 115 Å². The molecule has 0 aliphatic carbocycles. The van der Waals surface area contributed by atoms with Crippen LogP contribution < -0.4 is 5.46 Å². The molecule has 1 saturated heterocycles. The summed E-state index contributed by atoms with van der Waals surface area (Å²) in [4.78, 5) is 4.78. The molecule has 0 saturated carbocycles. The maximum Gasteiger partial charge on any atom is 0.488 e. The number of nitrogens with zero attached hydrogens (tertiary/aromatic N) is 2. The molecule has 5 heteroatoms. The molecule has 0 spiro atoms. The van der Waals surface area contributed by atoms with Gasteiger partial charge in [0.25, 0.3) is 0 Å². The van der Waals surface area contributed by atoms with Gasteiger partial charge in [0.2, 0.25) is 0 Å². The summed E-state index contributed by atoms with van der Waals surface area (Å²) in [7, 11) is 0.770. The molecule has 1 aromatic rings. The summed E-state index contributed by atoms with van der Waals surface area (Å²) in [6.45, 7) is 6.26. The van der Waals surface area contributed by atoms with Gasteiger partial charge in [0, 0.05) is 25.7 Å². The molecule has 1 aliphatic heterocycles. The molecule has 0 bridgehead atoms. The molecular weight excluding hydrogens is 239 g/mol. The van der Waals surface area contributed by atoms with Crippen molar-refractivity contribution >= 4 is 12.6 Å². The van der Waals surface area contributed by atoms with Gasteiger partial charge < -0.3 is 14.9 Å². The van der Waals surface area contributed by atoms with E-state index in [1.54, 1.807) is 6.07 Å². The predicted molar refractivity (Wildman–Crippen MR) is 78.3 cm³/mol. The van der Waals surface area contributed by atoms with Crippen molar-refractivity contribution in [2.45, 2.75) is 25.9 Å². The van der Waals surface area contributed by atoms with Gasteiger partial charge in [-0.3, -0.25) is 4.90 Å². The standard InChI is InChI=1S/C14H23BN2O2/c1-12-10-16(2)8-5-9-17(12)11-13-6-3-4-7-14(13)15(18)19/h3-4,6-7,12,18-19H,5,8-11H2,1-2H3. The minimum Gasteiger partial charge on any atom is -0.423 e. The summed E-state index contributed by atoms with van der Waals surface area (Å²) in [6, 6.07) is 8.05. The third kappa shape index (κ3) is 3.80. The lowest BCUT2D eigenvalue weighted by Gasteiger charge is -2.28. The van der Waals surface area contributed by atoms with Crippen LogP contribution in [0, 0.1) is 0 Å². The minimum atomic E-state index is -1.39. The summed E-state index contributed by atoms with van der Waals surface area (Å²) >= 11 is 0. The van der Waals surface area contributed by atoms with Crippen molar-refractivity contribution in [3.8, 4) is 0 Å². The topological polar surface area (TPSA) is 46.9 Å². The third-order valence-electron chi connectivity index (χ3n) is 3.89. The molecular formula is C14H23BN2O2. The quantitative estimate of drug-likeness (QED) is 0.746. The van der Waals surface area contributed by atoms with Crippen molar-refractivity contribution in [1.29, 1.82) is 0 Å². The van der Waals surface area contributed by atoms with Gasteiger partial charge in [0.1, 0.15) is 0 Å². The lowest BCUT2D eigenvalue weighted by molar-refractivity contribution is 0.195. The van der Waals surface area contributed by atoms with E-state index < -0.39 is 7.12 Å². The zero-order valence-electron chi connectivity index (χ0n) is 11.8. The van der Waals surface area contributed by atoms with Crippen molar-refractivity contribution in [1.82, 2.24) is 9.80 Å². The summed E-state index contributed by atoms with van der Waals surface area (Å²) in [5, 5.41) is 18.9. The van der Waals surface area contributed by atoms with E-state index in [9.17, 15) is 10.0 Å². The first-order chi connectivity index (χ1) is 9.08. The van der Waals surface area contributed by atoms with Crippen LogP contribution in [-0.2, 0) is 6.54 Å². The lowest BCUT2D eigenvalue weighted by atomic mass is 9.77. The fourth-order valence-electron chi connectivity index (χ4n) is 2.81. The van der Waals surface area contributed by atoms with Crippen molar-refractivity contribution < 1.29 is 10.0 Å². The molecule has 1 atom stereocenters. The molecule has 2 rings (SSSR count). The van der Waals surface area contributed by atoms with Crippen LogP contribution in [0.4, 0.5) is 0 Å². The van der Waals surface area contributed by atoms with E-state index in [2.05, 4.69) is 23.8 Å². The molecule has 1 aliphatic rings. The summed E-state index contributed by atoms with van der Waals surface area (Å²) < 4.78 is 0. The molecule has 0 aromatic heterocycles. The fraction of sp³-hybridized carbons (Fsp3) is 0.571. The second-order valence-electron chi connectivity index (χ2n) is 5.51. The number of likely N-dealkylation sites (N-methyl/N-ethyl adjacent to an activating group) is 1. The van der Waals surface area contributed by atoms with Crippen LogP contribution >= 0.6 is 0 Å². The molecule has 1 unspecified atom stereocenters. The van der Waals surface area contributed by atoms with Gasteiger partial charge in [-0.15, -0.1) is 0 Å². The summed E-state index contributed by atoms with van der Waals surface area (Å²) in [5.41, 5.74) is 1.63. The zero-order chi connectivity index (χ0) is 13.8. The first kappa shape index (κ1) is 14.5. The first-order valence-corrected chi connectivity index (χ1v) is 6.94. The van der Waals surface area contributed by atoms with Gasteiger partial charge in [-0.2, -0.15) is 0 Å². The van der Waals surface area contributed by atoms with E-state index in [1.807, 2.05) is 18.2 Å². The van der Waals surface area contributed by atoms with Crippen LogP contribution in [0.25, 0.3) is 0 Å².